The van der Waals surface area contributed by atoms with Crippen LogP contribution in [0.25, 0.3) is 0 Å². The molecule has 0 atom stereocenters. The summed E-state index contributed by atoms with van der Waals surface area (Å²) >= 11 is 2.06. The molecule has 0 aliphatic heterocycles. The zero-order valence-electron chi connectivity index (χ0n) is 7.83. The van der Waals surface area contributed by atoms with Crippen molar-refractivity contribution in [1.29, 1.82) is 0 Å². The topological polar surface area (TPSA) is 61.6 Å². The van der Waals surface area contributed by atoms with E-state index in [9.17, 15) is 4.79 Å². The summed E-state index contributed by atoms with van der Waals surface area (Å²) in [7, 11) is 3.04. The molecule has 76 valence electrons. The molecule has 0 saturated heterocycles. The average Bonchev–Trinajstić information content (AvgIpc) is 2.17. The number of carbonyl (C=O) groups is 1. The van der Waals surface area contributed by atoms with Gasteiger partial charge in [0.15, 0.2) is 0 Å². The van der Waals surface area contributed by atoms with E-state index < -0.39 is 5.91 Å². The van der Waals surface area contributed by atoms with Gasteiger partial charge in [-0.2, -0.15) is 0 Å². The largest absolute Gasteiger partial charge is 0.496 e. The van der Waals surface area contributed by atoms with Crippen molar-refractivity contribution < 1.29 is 14.3 Å². The Labute approximate surface area is 95.5 Å². The average molecular weight is 307 g/mol. The van der Waals surface area contributed by atoms with Gasteiger partial charge in [-0.1, -0.05) is 0 Å². The van der Waals surface area contributed by atoms with Crippen molar-refractivity contribution >= 4 is 28.5 Å². The quantitative estimate of drug-likeness (QED) is 0.859. The van der Waals surface area contributed by atoms with Gasteiger partial charge in [0.05, 0.1) is 23.4 Å². The Morgan fingerprint density at radius 1 is 1.29 bits per heavy atom. The number of amides is 1. The third kappa shape index (κ3) is 2.09. The molecule has 0 heterocycles. The van der Waals surface area contributed by atoms with Crippen molar-refractivity contribution in [2.24, 2.45) is 5.73 Å². The van der Waals surface area contributed by atoms with Crippen LogP contribution in [-0.4, -0.2) is 20.1 Å². The fourth-order valence-corrected chi connectivity index (χ4v) is 1.74. The summed E-state index contributed by atoms with van der Waals surface area (Å²) < 4.78 is 10.9. The third-order valence-corrected chi connectivity index (χ3v) is 2.58. The molecular weight excluding hydrogens is 297 g/mol. The van der Waals surface area contributed by atoms with E-state index in [-0.39, 0.29) is 0 Å². The lowest BCUT2D eigenvalue weighted by Gasteiger charge is -2.09. The highest BCUT2D eigenvalue weighted by molar-refractivity contribution is 14.1. The highest BCUT2D eigenvalue weighted by atomic mass is 127. The van der Waals surface area contributed by atoms with Crippen LogP contribution in [0.15, 0.2) is 12.1 Å². The Balaban J connectivity index is 3.31. The molecule has 0 saturated carbocycles. The van der Waals surface area contributed by atoms with Gasteiger partial charge in [-0.15, -0.1) is 0 Å². The fraction of sp³-hybridized carbons (Fsp3) is 0.222. The van der Waals surface area contributed by atoms with Crippen LogP contribution in [0.3, 0.4) is 0 Å². The lowest BCUT2D eigenvalue weighted by molar-refractivity contribution is 0.0997. The molecule has 1 aromatic carbocycles. The molecule has 2 N–H and O–H groups in total. The van der Waals surface area contributed by atoms with Crippen LogP contribution < -0.4 is 15.2 Å². The number of ether oxygens (including phenoxy) is 2. The van der Waals surface area contributed by atoms with E-state index in [1.165, 1.54) is 7.11 Å². The minimum absolute atomic E-state index is 0.359. The van der Waals surface area contributed by atoms with Crippen molar-refractivity contribution in [1.82, 2.24) is 0 Å². The molecule has 1 aromatic rings. The number of hydrogen-bond acceptors (Lipinski definition) is 3. The predicted molar refractivity (Wildman–Crippen MR) is 60.8 cm³/mol. The normalized spacial score (nSPS) is 9.64. The van der Waals surface area contributed by atoms with Crippen LogP contribution in [-0.2, 0) is 0 Å². The molecule has 0 aliphatic carbocycles. The van der Waals surface area contributed by atoms with Crippen molar-refractivity contribution in [2.75, 3.05) is 14.2 Å². The molecule has 0 fully saturated rings. The summed E-state index contributed by atoms with van der Waals surface area (Å²) in [5.41, 5.74) is 5.55. The van der Waals surface area contributed by atoms with E-state index in [4.69, 9.17) is 15.2 Å². The van der Waals surface area contributed by atoms with Gasteiger partial charge in [-0.3, -0.25) is 4.79 Å². The SMILES string of the molecule is COc1cc(OC)c(C(N)=O)cc1I. The second-order valence-electron chi connectivity index (χ2n) is 2.55. The lowest BCUT2D eigenvalue weighted by atomic mass is 10.2. The number of carbonyl (C=O) groups excluding carboxylic acids is 1. The van der Waals surface area contributed by atoms with Gasteiger partial charge in [0.25, 0.3) is 5.91 Å². The highest BCUT2D eigenvalue weighted by Crippen LogP contribution is 2.29. The Kier molecular flexibility index (Phi) is 3.56. The number of primary amides is 1. The maximum absolute atomic E-state index is 11.0. The molecular formula is C9H10INO3. The Hall–Kier alpha value is -0.980. The fourth-order valence-electron chi connectivity index (χ4n) is 1.05. The first-order chi connectivity index (χ1) is 6.60. The molecule has 0 unspecified atom stereocenters. The van der Waals surface area contributed by atoms with E-state index in [2.05, 4.69) is 22.6 Å². The minimum atomic E-state index is -0.512. The number of rotatable bonds is 3. The summed E-state index contributed by atoms with van der Waals surface area (Å²) in [5.74, 6) is 0.574. The van der Waals surface area contributed by atoms with Crippen LogP contribution in [0.2, 0.25) is 0 Å². The molecule has 0 aliphatic rings. The van der Waals surface area contributed by atoms with Gasteiger partial charge < -0.3 is 15.2 Å². The number of halogens is 1. The van der Waals surface area contributed by atoms with E-state index in [1.807, 2.05) is 0 Å². The lowest BCUT2D eigenvalue weighted by Crippen LogP contribution is -2.13. The summed E-state index contributed by atoms with van der Waals surface area (Å²) in [6.45, 7) is 0. The van der Waals surface area contributed by atoms with Crippen molar-refractivity contribution in [3.8, 4) is 11.5 Å². The molecule has 0 spiro atoms. The van der Waals surface area contributed by atoms with Gasteiger partial charge in [0.1, 0.15) is 11.5 Å². The number of methoxy groups -OCH3 is 2. The maximum atomic E-state index is 11.0. The number of nitrogens with two attached hydrogens (primary N) is 1. The third-order valence-electron chi connectivity index (χ3n) is 1.74. The van der Waals surface area contributed by atoms with Gasteiger partial charge >= 0.3 is 0 Å². The van der Waals surface area contributed by atoms with Gasteiger partial charge in [-0.05, 0) is 28.7 Å². The summed E-state index contributed by atoms with van der Waals surface area (Å²) in [4.78, 5) is 11.0. The molecule has 14 heavy (non-hydrogen) atoms. The molecule has 4 nitrogen and oxygen atoms in total. The zero-order chi connectivity index (χ0) is 10.7. The Bertz CT molecular complexity index is 365. The Morgan fingerprint density at radius 2 is 1.86 bits per heavy atom. The first-order valence-electron chi connectivity index (χ1n) is 3.81. The van der Waals surface area contributed by atoms with E-state index >= 15 is 0 Å². The number of benzene rings is 1. The monoisotopic (exact) mass is 307 g/mol. The molecule has 0 aromatic heterocycles. The van der Waals surface area contributed by atoms with Crippen molar-refractivity contribution in [3.05, 3.63) is 21.3 Å². The highest BCUT2D eigenvalue weighted by Gasteiger charge is 2.13. The van der Waals surface area contributed by atoms with E-state index in [1.54, 1.807) is 19.2 Å². The maximum Gasteiger partial charge on any atom is 0.252 e. The molecule has 5 heteroatoms. The first kappa shape index (κ1) is 11.1. The van der Waals surface area contributed by atoms with Crippen LogP contribution in [0, 0.1) is 3.57 Å². The summed E-state index contributed by atoms with van der Waals surface area (Å²) in [6, 6.07) is 3.28. The van der Waals surface area contributed by atoms with Crippen molar-refractivity contribution in [2.45, 2.75) is 0 Å². The van der Waals surface area contributed by atoms with Crippen molar-refractivity contribution in [3.63, 3.8) is 0 Å². The summed E-state index contributed by atoms with van der Waals surface area (Å²) in [5, 5.41) is 0. The van der Waals surface area contributed by atoms with Gasteiger partial charge in [0, 0.05) is 6.07 Å². The standard InChI is InChI=1S/C9H10INO3/c1-13-7-4-8(14-2)6(10)3-5(7)9(11)12/h3-4H,1-2H3,(H2,11,12). The van der Waals surface area contributed by atoms with Crippen LogP contribution in [0.4, 0.5) is 0 Å². The van der Waals surface area contributed by atoms with Crippen LogP contribution >= 0.6 is 22.6 Å². The number of hydrogen-bond donors (Lipinski definition) is 1. The molecule has 1 rings (SSSR count). The van der Waals surface area contributed by atoms with Crippen LogP contribution in [0.1, 0.15) is 10.4 Å². The van der Waals surface area contributed by atoms with E-state index in [0.29, 0.717) is 17.1 Å². The van der Waals surface area contributed by atoms with Crippen LogP contribution in [0.5, 0.6) is 11.5 Å². The molecule has 0 radical (unpaired) electrons. The first-order valence-corrected chi connectivity index (χ1v) is 4.89. The Morgan fingerprint density at radius 3 is 2.29 bits per heavy atom. The second kappa shape index (κ2) is 4.50. The zero-order valence-corrected chi connectivity index (χ0v) is 9.99. The van der Waals surface area contributed by atoms with Gasteiger partial charge in [-0.25, -0.2) is 0 Å². The van der Waals surface area contributed by atoms with Gasteiger partial charge in [0.2, 0.25) is 0 Å². The summed E-state index contributed by atoms with van der Waals surface area (Å²) in [6.07, 6.45) is 0. The minimum Gasteiger partial charge on any atom is -0.496 e. The van der Waals surface area contributed by atoms with E-state index in [0.717, 1.165) is 3.57 Å². The molecule has 1 amide bonds. The second-order valence-corrected chi connectivity index (χ2v) is 3.71. The smallest absolute Gasteiger partial charge is 0.252 e. The molecule has 0 bridgehead atoms. The predicted octanol–water partition coefficient (Wildman–Crippen LogP) is 1.41.